The van der Waals surface area contributed by atoms with Crippen molar-refractivity contribution in [2.75, 3.05) is 30.5 Å². The zero-order valence-electron chi connectivity index (χ0n) is 16.5. The normalized spacial score (nSPS) is 16.9. The minimum Gasteiger partial charge on any atom is -0.396 e. The average Bonchev–Trinajstić information content (AvgIpc) is 3.14. The summed E-state index contributed by atoms with van der Waals surface area (Å²) in [4.78, 5) is 12.4. The van der Waals surface area contributed by atoms with Crippen molar-refractivity contribution < 1.29 is 14.7 Å². The first-order valence-electron chi connectivity index (χ1n) is 9.90. The minimum absolute atomic E-state index is 0.193. The molecule has 3 aromatic heterocycles. The molecule has 0 saturated carbocycles. The van der Waals surface area contributed by atoms with Gasteiger partial charge in [0, 0.05) is 48.2 Å². The molecule has 3 aromatic rings. The second-order valence-corrected chi connectivity index (χ2v) is 8.05. The van der Waals surface area contributed by atoms with Crippen molar-refractivity contribution in [1.29, 1.82) is 0 Å². The highest BCUT2D eigenvalue weighted by Gasteiger charge is 2.24. The van der Waals surface area contributed by atoms with Gasteiger partial charge < -0.3 is 15.3 Å². The predicted octanol–water partition coefficient (Wildman–Crippen LogP) is 2.19. The topological polar surface area (TPSA) is 78.8 Å². The highest BCUT2D eigenvalue weighted by atomic mass is 79.9. The molecule has 1 fully saturated rings. The third-order valence-corrected chi connectivity index (χ3v) is 5.88. The van der Waals surface area contributed by atoms with E-state index in [1.807, 2.05) is 29.0 Å². The van der Waals surface area contributed by atoms with Gasteiger partial charge in [0.15, 0.2) is 5.65 Å². The first kappa shape index (κ1) is 19.9. The molecule has 0 spiro atoms. The van der Waals surface area contributed by atoms with Gasteiger partial charge in [-0.05, 0) is 47.7 Å². The summed E-state index contributed by atoms with van der Waals surface area (Å²) in [6.45, 7) is 1.77. The second kappa shape index (κ2) is 8.96. The summed E-state index contributed by atoms with van der Waals surface area (Å²) in [6, 6.07) is 6.36. The quantitative estimate of drug-likeness (QED) is 0.525. The van der Waals surface area contributed by atoms with Crippen LogP contribution >= 0.6 is 15.9 Å². The van der Waals surface area contributed by atoms with Crippen LogP contribution in [-0.2, 0) is 6.54 Å². The maximum absolute atomic E-state index is 9.48. The molecule has 0 amide bonds. The van der Waals surface area contributed by atoms with E-state index in [1.165, 1.54) is 6.42 Å². The Morgan fingerprint density at radius 3 is 3.14 bits per heavy atom. The van der Waals surface area contributed by atoms with Crippen LogP contribution in [0.5, 0.6) is 0 Å². The maximum Gasteiger partial charge on any atom is 0.227 e. The lowest BCUT2D eigenvalue weighted by Crippen LogP contribution is -2.40. The molecular weight excluding hydrogens is 436 g/mol. The van der Waals surface area contributed by atoms with Crippen molar-refractivity contribution in [2.45, 2.75) is 38.3 Å². The maximum atomic E-state index is 9.48. The number of aromatic nitrogens is 4. The van der Waals surface area contributed by atoms with Crippen molar-refractivity contribution >= 4 is 33.2 Å². The van der Waals surface area contributed by atoms with Gasteiger partial charge in [0.1, 0.15) is 18.7 Å². The molecule has 1 atom stereocenters. The molecule has 0 bridgehead atoms. The number of nitrogens with zero attached hydrogens (tertiary/aromatic N) is 5. The summed E-state index contributed by atoms with van der Waals surface area (Å²) in [5, 5.41) is 17.4. The summed E-state index contributed by atoms with van der Waals surface area (Å²) >= 11 is 3.57. The van der Waals surface area contributed by atoms with E-state index in [0.29, 0.717) is 12.6 Å². The molecule has 8 nitrogen and oxygen atoms in total. The number of aliphatic hydroxyl groups is 1. The SMILES string of the molecule is CO[n+]1cccc(CNc2cc(N3CCCC[C@H]3CCO)nc3c(Br)cnn23)c1. The Kier molecular flexibility index (Phi) is 6.15. The standard InChI is InChI=1S/C20H26BrN6O2/c1-29-25-8-4-5-15(14-25)12-22-18-11-19(24-20-17(21)13-23-27(18)20)26-9-3-2-6-16(26)7-10-28/h4-5,8,11,13-14,16,22,28H,2-3,6-7,9-10,12H2,1H3/q+1/t16-/m0/s1. The molecule has 1 saturated heterocycles. The van der Waals surface area contributed by atoms with E-state index >= 15 is 0 Å². The first-order valence-corrected chi connectivity index (χ1v) is 10.7. The first-order chi connectivity index (χ1) is 14.2. The van der Waals surface area contributed by atoms with Crippen LogP contribution < -0.4 is 19.8 Å². The molecular formula is C20H26BrN6O2+. The van der Waals surface area contributed by atoms with Crippen LogP contribution in [-0.4, -0.2) is 46.0 Å². The number of hydrogen-bond donors (Lipinski definition) is 2. The van der Waals surface area contributed by atoms with Gasteiger partial charge in [0.2, 0.25) is 12.4 Å². The molecule has 0 aliphatic carbocycles. The number of anilines is 2. The summed E-state index contributed by atoms with van der Waals surface area (Å²) in [6.07, 6.45) is 9.73. The monoisotopic (exact) mass is 461 g/mol. The van der Waals surface area contributed by atoms with Crippen LogP contribution in [0.15, 0.2) is 41.3 Å². The summed E-state index contributed by atoms with van der Waals surface area (Å²) in [5.41, 5.74) is 1.86. The van der Waals surface area contributed by atoms with Gasteiger partial charge in [0.05, 0.1) is 10.7 Å². The van der Waals surface area contributed by atoms with Crippen LogP contribution in [0.1, 0.15) is 31.2 Å². The molecule has 154 valence electrons. The third-order valence-electron chi connectivity index (χ3n) is 5.32. The fourth-order valence-corrected chi connectivity index (χ4v) is 4.21. The molecule has 4 heterocycles. The largest absolute Gasteiger partial charge is 0.396 e. The Bertz CT molecular complexity index is 977. The Morgan fingerprint density at radius 1 is 1.41 bits per heavy atom. The molecule has 29 heavy (non-hydrogen) atoms. The highest BCUT2D eigenvalue weighted by Crippen LogP contribution is 2.29. The van der Waals surface area contributed by atoms with E-state index in [2.05, 4.69) is 37.3 Å². The molecule has 1 aliphatic heterocycles. The smallest absolute Gasteiger partial charge is 0.227 e. The van der Waals surface area contributed by atoms with E-state index < -0.39 is 0 Å². The second-order valence-electron chi connectivity index (χ2n) is 7.19. The average molecular weight is 462 g/mol. The van der Waals surface area contributed by atoms with Crippen LogP contribution in [0, 0.1) is 0 Å². The molecule has 1 aliphatic rings. The number of aliphatic hydroxyl groups excluding tert-OH is 1. The number of nitrogens with one attached hydrogen (secondary N) is 1. The number of halogens is 1. The van der Waals surface area contributed by atoms with Crippen molar-refractivity contribution in [1.82, 2.24) is 14.6 Å². The predicted molar refractivity (Wildman–Crippen MR) is 114 cm³/mol. The fourth-order valence-electron chi connectivity index (χ4n) is 3.86. The Balaban J connectivity index is 1.65. The van der Waals surface area contributed by atoms with Crippen LogP contribution in [0.4, 0.5) is 11.6 Å². The lowest BCUT2D eigenvalue weighted by Gasteiger charge is -2.36. The fraction of sp³-hybridized carbons (Fsp3) is 0.450. The Labute approximate surface area is 178 Å². The summed E-state index contributed by atoms with van der Waals surface area (Å²) in [5.74, 6) is 1.79. The zero-order valence-corrected chi connectivity index (χ0v) is 18.0. The number of fused-ring (bicyclic) bond motifs is 1. The van der Waals surface area contributed by atoms with E-state index in [0.717, 1.165) is 53.1 Å². The minimum atomic E-state index is 0.193. The van der Waals surface area contributed by atoms with Crippen LogP contribution in [0.3, 0.4) is 0 Å². The zero-order chi connectivity index (χ0) is 20.2. The van der Waals surface area contributed by atoms with Crippen molar-refractivity contribution in [3.05, 3.63) is 46.8 Å². The number of piperidine rings is 1. The Morgan fingerprint density at radius 2 is 2.31 bits per heavy atom. The van der Waals surface area contributed by atoms with E-state index in [1.54, 1.807) is 18.0 Å². The number of hydrogen-bond acceptors (Lipinski definition) is 6. The van der Waals surface area contributed by atoms with Crippen LogP contribution in [0.25, 0.3) is 5.65 Å². The number of rotatable bonds is 7. The van der Waals surface area contributed by atoms with Gasteiger partial charge in [-0.3, -0.25) is 4.84 Å². The van der Waals surface area contributed by atoms with Crippen LogP contribution in [0.2, 0.25) is 0 Å². The molecule has 0 radical (unpaired) electrons. The van der Waals surface area contributed by atoms with E-state index in [4.69, 9.17) is 9.82 Å². The van der Waals surface area contributed by atoms with E-state index in [-0.39, 0.29) is 6.61 Å². The lowest BCUT2D eigenvalue weighted by atomic mass is 9.99. The molecule has 2 N–H and O–H groups in total. The third kappa shape index (κ3) is 4.30. The van der Waals surface area contributed by atoms with Crippen molar-refractivity contribution in [3.8, 4) is 0 Å². The lowest BCUT2D eigenvalue weighted by molar-refractivity contribution is -0.885. The van der Waals surface area contributed by atoms with Gasteiger partial charge in [-0.1, -0.05) is 0 Å². The van der Waals surface area contributed by atoms with Gasteiger partial charge in [0.25, 0.3) is 0 Å². The summed E-state index contributed by atoms with van der Waals surface area (Å²) in [7, 11) is 1.64. The Hall–Kier alpha value is -2.39. The molecule has 9 heteroatoms. The highest BCUT2D eigenvalue weighted by molar-refractivity contribution is 9.10. The van der Waals surface area contributed by atoms with Crippen molar-refractivity contribution in [3.63, 3.8) is 0 Å². The molecule has 0 unspecified atom stereocenters. The van der Waals surface area contributed by atoms with Gasteiger partial charge in [-0.25, -0.2) is 4.98 Å². The van der Waals surface area contributed by atoms with Gasteiger partial charge in [-0.15, -0.1) is 0 Å². The molecule has 4 rings (SSSR count). The van der Waals surface area contributed by atoms with Gasteiger partial charge >= 0.3 is 0 Å². The molecule has 0 aromatic carbocycles. The summed E-state index contributed by atoms with van der Waals surface area (Å²) < 4.78 is 4.34. The number of pyridine rings is 1. The van der Waals surface area contributed by atoms with E-state index in [9.17, 15) is 5.11 Å². The van der Waals surface area contributed by atoms with Gasteiger partial charge in [-0.2, -0.15) is 9.61 Å². The van der Waals surface area contributed by atoms with Crippen molar-refractivity contribution in [2.24, 2.45) is 0 Å².